The van der Waals surface area contributed by atoms with Gasteiger partial charge < -0.3 is 5.32 Å². The number of hydrogen-bond acceptors (Lipinski definition) is 3. The first kappa shape index (κ1) is 19.8. The smallest absolute Gasteiger partial charge is 0.266 e. The molecule has 1 amide bonds. The SMILES string of the molecule is C=CCNC(=O)c1ccc(Cl)c(S(=O)(=O)N(CC=C)c2ccccc2)c1. The van der Waals surface area contributed by atoms with Gasteiger partial charge in [-0.05, 0) is 30.3 Å². The summed E-state index contributed by atoms with van der Waals surface area (Å²) in [5, 5.41) is 2.65. The van der Waals surface area contributed by atoms with Crippen LogP contribution >= 0.6 is 11.6 Å². The number of carbonyl (C=O) groups excluding carboxylic acids is 1. The predicted molar refractivity (Wildman–Crippen MR) is 105 cm³/mol. The highest BCUT2D eigenvalue weighted by Crippen LogP contribution is 2.29. The van der Waals surface area contributed by atoms with E-state index in [2.05, 4.69) is 18.5 Å². The second-order valence-electron chi connectivity index (χ2n) is 5.30. The van der Waals surface area contributed by atoms with Crippen LogP contribution in [0, 0.1) is 0 Å². The maximum Gasteiger partial charge on any atom is 0.266 e. The summed E-state index contributed by atoms with van der Waals surface area (Å²) in [5.41, 5.74) is 0.673. The Bertz CT molecular complexity index is 912. The van der Waals surface area contributed by atoms with Crippen molar-refractivity contribution in [2.75, 3.05) is 17.4 Å². The van der Waals surface area contributed by atoms with Crippen molar-refractivity contribution in [2.24, 2.45) is 0 Å². The average Bonchev–Trinajstić information content (AvgIpc) is 2.64. The summed E-state index contributed by atoms with van der Waals surface area (Å²) in [4.78, 5) is 12.0. The summed E-state index contributed by atoms with van der Waals surface area (Å²) in [5.74, 6) is -0.409. The van der Waals surface area contributed by atoms with Crippen LogP contribution in [0.5, 0.6) is 0 Å². The molecule has 1 N–H and O–H groups in total. The minimum absolute atomic E-state index is 0.0373. The normalized spacial score (nSPS) is 10.8. The van der Waals surface area contributed by atoms with Crippen LogP contribution in [-0.2, 0) is 10.0 Å². The molecule has 26 heavy (non-hydrogen) atoms. The molecular formula is C19H19ClN2O3S. The highest BCUT2D eigenvalue weighted by molar-refractivity contribution is 7.93. The molecule has 136 valence electrons. The quantitative estimate of drug-likeness (QED) is 0.700. The third-order valence-electron chi connectivity index (χ3n) is 3.51. The van der Waals surface area contributed by atoms with Gasteiger partial charge in [0.05, 0.1) is 17.3 Å². The van der Waals surface area contributed by atoms with E-state index in [0.717, 1.165) is 0 Å². The molecule has 0 unspecified atom stereocenters. The maximum absolute atomic E-state index is 13.2. The molecule has 0 aliphatic heterocycles. The van der Waals surface area contributed by atoms with E-state index in [1.165, 1.54) is 34.7 Å². The highest BCUT2D eigenvalue weighted by atomic mass is 35.5. The average molecular weight is 391 g/mol. The molecule has 0 atom stereocenters. The van der Waals surface area contributed by atoms with Gasteiger partial charge >= 0.3 is 0 Å². The lowest BCUT2D eigenvalue weighted by Gasteiger charge is -2.24. The lowest BCUT2D eigenvalue weighted by molar-refractivity contribution is 0.0958. The van der Waals surface area contributed by atoms with Gasteiger partial charge in [-0.1, -0.05) is 42.0 Å². The lowest BCUT2D eigenvalue weighted by atomic mass is 10.2. The van der Waals surface area contributed by atoms with Crippen molar-refractivity contribution >= 4 is 33.2 Å². The Kier molecular flexibility index (Phi) is 6.60. The number of nitrogens with zero attached hydrogens (tertiary/aromatic N) is 1. The fourth-order valence-electron chi connectivity index (χ4n) is 2.28. The van der Waals surface area contributed by atoms with E-state index in [1.807, 2.05) is 0 Å². The van der Waals surface area contributed by atoms with E-state index in [9.17, 15) is 13.2 Å². The third-order valence-corrected chi connectivity index (χ3v) is 5.78. The zero-order valence-corrected chi connectivity index (χ0v) is 15.6. The van der Waals surface area contributed by atoms with E-state index in [0.29, 0.717) is 5.69 Å². The van der Waals surface area contributed by atoms with Crippen LogP contribution < -0.4 is 9.62 Å². The minimum Gasteiger partial charge on any atom is -0.349 e. The van der Waals surface area contributed by atoms with Crippen LogP contribution in [0.3, 0.4) is 0 Å². The molecule has 2 aromatic carbocycles. The Morgan fingerprint density at radius 1 is 1.12 bits per heavy atom. The van der Waals surface area contributed by atoms with Crippen LogP contribution in [0.1, 0.15) is 10.4 Å². The fourth-order valence-corrected chi connectivity index (χ4v) is 4.22. The summed E-state index contributed by atoms with van der Waals surface area (Å²) in [6, 6.07) is 12.8. The van der Waals surface area contributed by atoms with Crippen molar-refractivity contribution < 1.29 is 13.2 Å². The van der Waals surface area contributed by atoms with Crippen LogP contribution in [0.4, 0.5) is 5.69 Å². The molecule has 0 bridgehead atoms. The number of anilines is 1. The number of nitrogens with one attached hydrogen (secondary N) is 1. The molecule has 0 fully saturated rings. The van der Waals surface area contributed by atoms with Gasteiger partial charge in [-0.2, -0.15) is 0 Å². The molecule has 0 spiro atoms. The first-order valence-electron chi connectivity index (χ1n) is 7.79. The number of rotatable bonds is 8. The van der Waals surface area contributed by atoms with Gasteiger partial charge in [0.1, 0.15) is 4.90 Å². The van der Waals surface area contributed by atoms with E-state index < -0.39 is 15.9 Å². The largest absolute Gasteiger partial charge is 0.349 e. The van der Waals surface area contributed by atoms with Gasteiger partial charge in [-0.25, -0.2) is 8.42 Å². The van der Waals surface area contributed by atoms with Gasteiger partial charge in [0.25, 0.3) is 15.9 Å². The molecule has 0 radical (unpaired) electrons. The van der Waals surface area contributed by atoms with Gasteiger partial charge in [-0.3, -0.25) is 9.10 Å². The zero-order chi connectivity index (χ0) is 19.2. The fraction of sp³-hybridized carbons (Fsp3) is 0.105. The Hall–Kier alpha value is -2.57. The molecule has 0 aromatic heterocycles. The molecule has 0 heterocycles. The molecule has 7 heteroatoms. The molecule has 5 nitrogen and oxygen atoms in total. The van der Waals surface area contributed by atoms with Gasteiger partial charge in [-0.15, -0.1) is 13.2 Å². The zero-order valence-electron chi connectivity index (χ0n) is 14.1. The van der Waals surface area contributed by atoms with Crippen molar-refractivity contribution in [3.8, 4) is 0 Å². The van der Waals surface area contributed by atoms with Gasteiger partial charge in [0.2, 0.25) is 0 Å². The van der Waals surface area contributed by atoms with Crippen LogP contribution in [0.2, 0.25) is 5.02 Å². The molecule has 0 aliphatic carbocycles. The van der Waals surface area contributed by atoms with Crippen LogP contribution in [0.15, 0.2) is 78.7 Å². The monoisotopic (exact) mass is 390 g/mol. The lowest BCUT2D eigenvalue weighted by Crippen LogP contribution is -2.31. The van der Waals surface area contributed by atoms with Crippen molar-refractivity contribution in [1.82, 2.24) is 5.32 Å². The van der Waals surface area contributed by atoms with E-state index in [-0.39, 0.29) is 28.6 Å². The Labute approximate surface area is 158 Å². The molecule has 0 saturated heterocycles. The molecular weight excluding hydrogens is 372 g/mol. The Morgan fingerprint density at radius 3 is 2.42 bits per heavy atom. The summed E-state index contributed by atoms with van der Waals surface area (Å²) < 4.78 is 27.5. The number of halogens is 1. The Balaban J connectivity index is 2.51. The first-order chi connectivity index (χ1) is 12.4. The predicted octanol–water partition coefficient (Wildman–Crippen LogP) is 3.64. The molecule has 2 rings (SSSR count). The number of sulfonamides is 1. The summed E-state index contributed by atoms with van der Waals surface area (Å²) in [6.45, 7) is 7.49. The third kappa shape index (κ3) is 4.33. The number of amides is 1. The second kappa shape index (κ2) is 8.69. The van der Waals surface area contributed by atoms with Gasteiger partial charge in [0.15, 0.2) is 0 Å². The van der Waals surface area contributed by atoms with Crippen molar-refractivity contribution in [3.05, 3.63) is 84.4 Å². The topological polar surface area (TPSA) is 66.5 Å². The summed E-state index contributed by atoms with van der Waals surface area (Å²) >= 11 is 6.14. The number of carbonyl (C=O) groups is 1. The van der Waals surface area contributed by atoms with Gasteiger partial charge in [0, 0.05) is 12.1 Å². The van der Waals surface area contributed by atoms with E-state index in [4.69, 9.17) is 11.6 Å². The van der Waals surface area contributed by atoms with Crippen LogP contribution in [0.25, 0.3) is 0 Å². The number of benzene rings is 2. The maximum atomic E-state index is 13.2. The van der Waals surface area contributed by atoms with Crippen LogP contribution in [-0.4, -0.2) is 27.4 Å². The minimum atomic E-state index is -3.99. The highest BCUT2D eigenvalue weighted by Gasteiger charge is 2.27. The van der Waals surface area contributed by atoms with Crippen molar-refractivity contribution in [2.45, 2.75) is 4.90 Å². The molecule has 0 saturated carbocycles. The first-order valence-corrected chi connectivity index (χ1v) is 9.61. The van der Waals surface area contributed by atoms with Crippen molar-refractivity contribution in [3.63, 3.8) is 0 Å². The number of hydrogen-bond donors (Lipinski definition) is 1. The molecule has 0 aliphatic rings. The molecule has 2 aromatic rings. The Morgan fingerprint density at radius 2 is 1.81 bits per heavy atom. The summed E-state index contributed by atoms with van der Waals surface area (Å²) in [6.07, 6.45) is 3.02. The number of para-hydroxylation sites is 1. The van der Waals surface area contributed by atoms with E-state index >= 15 is 0 Å². The summed E-state index contributed by atoms with van der Waals surface area (Å²) in [7, 11) is -3.99. The van der Waals surface area contributed by atoms with E-state index in [1.54, 1.807) is 30.3 Å². The van der Waals surface area contributed by atoms with Crippen molar-refractivity contribution in [1.29, 1.82) is 0 Å². The standard InChI is InChI=1S/C19H19ClN2O3S/c1-3-12-21-19(23)15-10-11-17(20)18(14-15)26(24,25)22(13-4-2)16-8-6-5-7-9-16/h3-11,14H,1-2,12-13H2,(H,21,23). The second-order valence-corrected chi connectivity index (χ2v) is 7.54.